The van der Waals surface area contributed by atoms with Gasteiger partial charge in [0.05, 0.1) is 0 Å². The van der Waals surface area contributed by atoms with Crippen LogP contribution in [0.2, 0.25) is 0 Å². The van der Waals surface area contributed by atoms with E-state index in [9.17, 15) is 4.79 Å². The van der Waals surface area contributed by atoms with E-state index in [1.54, 1.807) is 0 Å². The molecule has 0 fully saturated rings. The molecule has 0 heterocycles. The van der Waals surface area contributed by atoms with E-state index in [2.05, 4.69) is 19.6 Å². The molecule has 1 atom stereocenters. The minimum atomic E-state index is 0.282. The summed E-state index contributed by atoms with van der Waals surface area (Å²) in [4.78, 5) is 11.2. The van der Waals surface area contributed by atoms with Gasteiger partial charge in [0.1, 0.15) is 11.5 Å². The molecular formula is C23H26O2. The van der Waals surface area contributed by atoms with Crippen LogP contribution in [0.4, 0.5) is 0 Å². The van der Waals surface area contributed by atoms with E-state index in [-0.39, 0.29) is 5.78 Å². The quantitative estimate of drug-likeness (QED) is 0.618. The molecule has 0 aliphatic heterocycles. The highest BCUT2D eigenvalue weighted by molar-refractivity contribution is 5.95. The van der Waals surface area contributed by atoms with Crippen LogP contribution in [0.3, 0.4) is 0 Å². The van der Waals surface area contributed by atoms with Gasteiger partial charge in [-0.05, 0) is 68.5 Å². The molecule has 130 valence electrons. The third-order valence-electron chi connectivity index (χ3n) is 4.25. The molecule has 2 aromatic rings. The van der Waals surface area contributed by atoms with Gasteiger partial charge in [0.2, 0.25) is 0 Å². The minimum Gasteiger partial charge on any atom is -0.457 e. The second-order valence-electron chi connectivity index (χ2n) is 6.53. The lowest BCUT2D eigenvalue weighted by molar-refractivity contribution is -0.116. The average Bonchev–Trinajstić information content (AvgIpc) is 2.59. The van der Waals surface area contributed by atoms with Gasteiger partial charge < -0.3 is 4.74 Å². The van der Waals surface area contributed by atoms with Crippen molar-refractivity contribution in [3.8, 4) is 11.5 Å². The van der Waals surface area contributed by atoms with Crippen molar-refractivity contribution in [2.45, 2.75) is 33.6 Å². The average molecular weight is 334 g/mol. The standard InChI is InChI=1S/C13H12O.C10H14O/c1-11-6-5-9-13(10-11)14-12-7-3-2-4-8-12;1-7(2)9-5-4-8(3)10(11)6-9/h2-10H,1H3;4,9H,1,5-6H2,2-3H3/t;9-/m.0/s1. The Morgan fingerprint density at radius 2 is 1.72 bits per heavy atom. The fraction of sp³-hybridized carbons (Fsp3) is 0.261. The van der Waals surface area contributed by atoms with Crippen molar-refractivity contribution >= 4 is 5.78 Å². The lowest BCUT2D eigenvalue weighted by Gasteiger charge is -2.18. The van der Waals surface area contributed by atoms with E-state index in [0.29, 0.717) is 12.3 Å². The van der Waals surface area contributed by atoms with Crippen molar-refractivity contribution in [2.24, 2.45) is 5.92 Å². The molecule has 0 spiro atoms. The van der Waals surface area contributed by atoms with Crippen molar-refractivity contribution in [1.29, 1.82) is 0 Å². The van der Waals surface area contributed by atoms with Crippen LogP contribution >= 0.6 is 0 Å². The Labute approximate surface area is 150 Å². The van der Waals surface area contributed by atoms with Crippen molar-refractivity contribution < 1.29 is 9.53 Å². The number of para-hydroxylation sites is 1. The summed E-state index contributed by atoms with van der Waals surface area (Å²) in [5, 5.41) is 0. The monoisotopic (exact) mass is 334 g/mol. The first kappa shape index (κ1) is 18.7. The molecule has 0 N–H and O–H groups in total. The molecule has 2 heteroatoms. The molecule has 0 amide bonds. The molecule has 0 aromatic heterocycles. The van der Waals surface area contributed by atoms with Crippen molar-refractivity contribution in [2.75, 3.05) is 0 Å². The summed E-state index contributed by atoms with van der Waals surface area (Å²) < 4.78 is 5.66. The number of aryl methyl sites for hydroxylation is 1. The molecule has 1 aliphatic rings. The van der Waals surface area contributed by atoms with Gasteiger partial charge in [-0.25, -0.2) is 0 Å². The first-order valence-corrected chi connectivity index (χ1v) is 8.60. The molecule has 2 aromatic carbocycles. The fourth-order valence-corrected chi connectivity index (χ4v) is 2.58. The largest absolute Gasteiger partial charge is 0.457 e. The first-order valence-electron chi connectivity index (χ1n) is 8.60. The molecular weight excluding hydrogens is 308 g/mol. The van der Waals surface area contributed by atoms with Crippen LogP contribution < -0.4 is 4.74 Å². The summed E-state index contributed by atoms with van der Waals surface area (Å²) in [6, 6.07) is 17.8. The number of hydrogen-bond donors (Lipinski definition) is 0. The Hall–Kier alpha value is -2.61. The SMILES string of the molecule is C=C(C)[C@H]1CC=C(C)C(=O)C1.Cc1cccc(Oc2ccccc2)c1. The van der Waals surface area contributed by atoms with E-state index < -0.39 is 0 Å². The molecule has 0 radical (unpaired) electrons. The van der Waals surface area contributed by atoms with Crippen LogP contribution in [0.15, 0.2) is 78.4 Å². The van der Waals surface area contributed by atoms with Crippen molar-refractivity contribution in [3.05, 3.63) is 84.0 Å². The van der Waals surface area contributed by atoms with Crippen LogP contribution in [0.25, 0.3) is 0 Å². The normalized spacial score (nSPS) is 16.4. The molecule has 0 unspecified atom stereocenters. The zero-order valence-corrected chi connectivity index (χ0v) is 15.3. The summed E-state index contributed by atoms with van der Waals surface area (Å²) in [7, 11) is 0. The maximum absolute atomic E-state index is 11.2. The number of carbonyl (C=O) groups excluding carboxylic acids is 1. The second kappa shape index (κ2) is 9.03. The smallest absolute Gasteiger partial charge is 0.158 e. The Morgan fingerprint density at radius 3 is 2.32 bits per heavy atom. The van der Waals surface area contributed by atoms with Crippen LogP contribution in [0.5, 0.6) is 11.5 Å². The highest BCUT2D eigenvalue weighted by atomic mass is 16.5. The maximum Gasteiger partial charge on any atom is 0.158 e. The molecule has 2 nitrogen and oxygen atoms in total. The summed E-state index contributed by atoms with van der Waals surface area (Å²) >= 11 is 0. The number of Topliss-reactive ketones (excluding diaryl/α,β-unsaturated/α-hetero) is 1. The van der Waals surface area contributed by atoms with Crippen LogP contribution in [0, 0.1) is 12.8 Å². The summed E-state index contributed by atoms with van der Waals surface area (Å²) in [6.45, 7) is 9.79. The molecule has 0 saturated carbocycles. The van der Waals surface area contributed by atoms with Crippen LogP contribution in [0.1, 0.15) is 32.3 Å². The Kier molecular flexibility index (Phi) is 6.76. The number of rotatable bonds is 3. The van der Waals surface area contributed by atoms with Crippen molar-refractivity contribution in [1.82, 2.24) is 0 Å². The highest BCUT2D eigenvalue weighted by Crippen LogP contribution is 2.25. The summed E-state index contributed by atoms with van der Waals surface area (Å²) in [6.07, 6.45) is 3.68. The van der Waals surface area contributed by atoms with Gasteiger partial charge in [-0.2, -0.15) is 0 Å². The van der Waals surface area contributed by atoms with Gasteiger partial charge >= 0.3 is 0 Å². The summed E-state index contributed by atoms with van der Waals surface area (Å²) in [5.74, 6) is 2.43. The third kappa shape index (κ3) is 6.07. The summed E-state index contributed by atoms with van der Waals surface area (Å²) in [5.41, 5.74) is 3.25. The molecule has 0 bridgehead atoms. The lowest BCUT2D eigenvalue weighted by atomic mass is 9.85. The first-order chi connectivity index (χ1) is 12.0. The van der Waals surface area contributed by atoms with E-state index in [1.165, 1.54) is 5.56 Å². The maximum atomic E-state index is 11.2. The fourth-order valence-electron chi connectivity index (χ4n) is 2.58. The Balaban J connectivity index is 0.000000186. The lowest BCUT2D eigenvalue weighted by Crippen LogP contribution is -2.14. The van der Waals surface area contributed by atoms with Gasteiger partial charge in [0, 0.05) is 6.42 Å². The molecule has 1 aliphatic carbocycles. The molecule has 25 heavy (non-hydrogen) atoms. The van der Waals surface area contributed by atoms with Crippen LogP contribution in [-0.2, 0) is 4.79 Å². The van der Waals surface area contributed by atoms with E-state index >= 15 is 0 Å². The Bertz CT molecular complexity index is 757. The van der Waals surface area contributed by atoms with Gasteiger partial charge in [0.15, 0.2) is 5.78 Å². The third-order valence-corrected chi connectivity index (χ3v) is 4.25. The number of ketones is 1. The van der Waals surface area contributed by atoms with Gasteiger partial charge in [0.25, 0.3) is 0 Å². The Morgan fingerprint density at radius 1 is 1.04 bits per heavy atom. The van der Waals surface area contributed by atoms with E-state index in [4.69, 9.17) is 4.74 Å². The highest BCUT2D eigenvalue weighted by Gasteiger charge is 2.19. The topological polar surface area (TPSA) is 26.3 Å². The van der Waals surface area contributed by atoms with Crippen molar-refractivity contribution in [3.63, 3.8) is 0 Å². The molecule has 0 saturated heterocycles. The number of ether oxygens (including phenoxy) is 1. The van der Waals surface area contributed by atoms with E-state index in [0.717, 1.165) is 29.1 Å². The zero-order valence-electron chi connectivity index (χ0n) is 15.3. The van der Waals surface area contributed by atoms with Gasteiger partial charge in [-0.3, -0.25) is 4.79 Å². The number of allylic oxidation sites excluding steroid dienone is 3. The second-order valence-corrected chi connectivity index (χ2v) is 6.53. The number of carbonyl (C=O) groups is 1. The number of hydrogen-bond acceptors (Lipinski definition) is 2. The predicted molar refractivity (Wildman–Crippen MR) is 104 cm³/mol. The minimum absolute atomic E-state index is 0.282. The zero-order chi connectivity index (χ0) is 18.2. The van der Waals surface area contributed by atoms with Gasteiger partial charge in [-0.1, -0.05) is 48.6 Å². The van der Waals surface area contributed by atoms with E-state index in [1.807, 2.05) is 68.5 Å². The van der Waals surface area contributed by atoms with Gasteiger partial charge in [-0.15, -0.1) is 0 Å². The number of benzene rings is 2. The molecule has 3 rings (SSSR count). The van der Waals surface area contributed by atoms with Crippen LogP contribution in [-0.4, -0.2) is 5.78 Å². The predicted octanol–water partition coefficient (Wildman–Crippen LogP) is 6.28.